The van der Waals surface area contributed by atoms with Crippen LogP contribution in [-0.4, -0.2) is 34.4 Å². The van der Waals surface area contributed by atoms with Gasteiger partial charge < -0.3 is 20.5 Å². The molecular weight excluding hydrogens is 380 g/mol. The summed E-state index contributed by atoms with van der Waals surface area (Å²) in [6.07, 6.45) is 1.65. The Morgan fingerprint density at radius 3 is 2.64 bits per heavy atom. The number of nitrogens with one attached hydrogen (secondary N) is 2. The first kappa shape index (κ1) is 17.9. The van der Waals surface area contributed by atoms with E-state index in [1.165, 1.54) is 0 Å². The number of benzene rings is 2. The van der Waals surface area contributed by atoms with E-state index in [1.807, 2.05) is 24.3 Å². The van der Waals surface area contributed by atoms with Gasteiger partial charge >= 0.3 is 0 Å². The van der Waals surface area contributed by atoms with Crippen LogP contribution in [0, 0.1) is 0 Å². The number of aromatic amines is 1. The van der Waals surface area contributed by atoms with Gasteiger partial charge in [-0.1, -0.05) is 17.7 Å². The lowest BCUT2D eigenvalue weighted by Crippen LogP contribution is -2.03. The fourth-order valence-electron chi connectivity index (χ4n) is 2.91. The highest BCUT2D eigenvalue weighted by molar-refractivity contribution is 6.31. The molecule has 28 heavy (non-hydrogen) atoms. The Morgan fingerprint density at radius 1 is 1.04 bits per heavy atom. The number of methoxy groups -OCH3 is 2. The van der Waals surface area contributed by atoms with E-state index in [0.717, 1.165) is 22.0 Å². The third kappa shape index (κ3) is 3.25. The number of nitrogen functional groups attached to an aromatic ring is 1. The Kier molecular flexibility index (Phi) is 4.62. The van der Waals surface area contributed by atoms with Gasteiger partial charge in [-0.15, -0.1) is 0 Å². The molecule has 9 heteroatoms. The van der Waals surface area contributed by atoms with Crippen LogP contribution in [0.4, 0.5) is 17.6 Å². The molecule has 4 N–H and O–H groups in total. The molecule has 0 saturated carbocycles. The number of anilines is 3. The van der Waals surface area contributed by atoms with Gasteiger partial charge in [0.15, 0.2) is 17.3 Å². The SMILES string of the molecule is COc1ccc(-c2cnc(N)nc2Nc2n[nH]c3cc(Cl)ccc23)cc1OC. The molecule has 0 saturated heterocycles. The highest BCUT2D eigenvalue weighted by Gasteiger charge is 2.14. The summed E-state index contributed by atoms with van der Waals surface area (Å²) in [7, 11) is 3.17. The molecule has 2 aromatic carbocycles. The van der Waals surface area contributed by atoms with E-state index < -0.39 is 0 Å². The molecular formula is C19H17ClN6O2. The predicted molar refractivity (Wildman–Crippen MR) is 109 cm³/mol. The van der Waals surface area contributed by atoms with E-state index in [0.29, 0.717) is 28.2 Å². The number of halogens is 1. The molecule has 0 fully saturated rings. The quantitative estimate of drug-likeness (QED) is 0.467. The Labute approximate surface area is 165 Å². The standard InChI is InChI=1S/C19H17ClN6O2/c1-27-15-6-3-10(7-16(15)28-2)13-9-22-19(21)24-17(13)23-18-12-5-4-11(20)8-14(12)25-26-18/h3-9H,1-2H3,(H4,21,22,23,24,25,26). The van der Waals surface area contributed by atoms with Gasteiger partial charge in [-0.2, -0.15) is 10.1 Å². The van der Waals surface area contributed by atoms with Crippen LogP contribution in [0.15, 0.2) is 42.6 Å². The second-order valence-corrected chi connectivity index (χ2v) is 6.38. The van der Waals surface area contributed by atoms with Crippen LogP contribution in [0.3, 0.4) is 0 Å². The van der Waals surface area contributed by atoms with Crippen LogP contribution in [-0.2, 0) is 0 Å². The summed E-state index contributed by atoms with van der Waals surface area (Å²) in [4.78, 5) is 8.48. The second-order valence-electron chi connectivity index (χ2n) is 5.95. The van der Waals surface area contributed by atoms with Crippen LogP contribution >= 0.6 is 11.6 Å². The van der Waals surface area contributed by atoms with Crippen molar-refractivity contribution < 1.29 is 9.47 Å². The molecule has 0 radical (unpaired) electrons. The summed E-state index contributed by atoms with van der Waals surface area (Å²) in [5.74, 6) is 2.50. The lowest BCUT2D eigenvalue weighted by atomic mass is 10.1. The lowest BCUT2D eigenvalue weighted by Gasteiger charge is -2.13. The van der Waals surface area contributed by atoms with Crippen molar-refractivity contribution in [2.24, 2.45) is 0 Å². The third-order valence-corrected chi connectivity index (χ3v) is 4.50. The maximum atomic E-state index is 6.04. The Bertz CT molecular complexity index is 1160. The zero-order valence-corrected chi connectivity index (χ0v) is 15.9. The van der Waals surface area contributed by atoms with Crippen LogP contribution in [0.2, 0.25) is 5.02 Å². The first-order valence-corrected chi connectivity index (χ1v) is 8.72. The van der Waals surface area contributed by atoms with Gasteiger partial charge in [-0.25, -0.2) is 4.98 Å². The molecule has 142 valence electrons. The summed E-state index contributed by atoms with van der Waals surface area (Å²) < 4.78 is 10.7. The van der Waals surface area contributed by atoms with Crippen LogP contribution in [0.25, 0.3) is 22.0 Å². The summed E-state index contributed by atoms with van der Waals surface area (Å²) >= 11 is 6.04. The minimum Gasteiger partial charge on any atom is -0.493 e. The Balaban J connectivity index is 1.79. The van der Waals surface area contributed by atoms with Gasteiger partial charge in [0.05, 0.1) is 19.7 Å². The van der Waals surface area contributed by atoms with Crippen molar-refractivity contribution >= 4 is 40.1 Å². The van der Waals surface area contributed by atoms with Crippen molar-refractivity contribution in [3.05, 3.63) is 47.6 Å². The molecule has 0 aliphatic heterocycles. The Hall–Kier alpha value is -3.52. The predicted octanol–water partition coefficient (Wildman–Crippen LogP) is 4.02. The summed E-state index contributed by atoms with van der Waals surface area (Å²) in [5.41, 5.74) is 8.20. The zero-order valence-electron chi connectivity index (χ0n) is 15.2. The zero-order chi connectivity index (χ0) is 19.7. The molecule has 0 bridgehead atoms. The number of aromatic nitrogens is 4. The van der Waals surface area contributed by atoms with Crippen LogP contribution < -0.4 is 20.5 Å². The van der Waals surface area contributed by atoms with E-state index >= 15 is 0 Å². The second kappa shape index (κ2) is 7.24. The first-order valence-electron chi connectivity index (χ1n) is 8.34. The van der Waals surface area contributed by atoms with Crippen molar-refractivity contribution in [3.8, 4) is 22.6 Å². The summed E-state index contributed by atoms with van der Waals surface area (Å²) in [6, 6.07) is 11.0. The third-order valence-electron chi connectivity index (χ3n) is 4.26. The summed E-state index contributed by atoms with van der Waals surface area (Å²) in [6.45, 7) is 0. The minimum absolute atomic E-state index is 0.148. The molecule has 4 rings (SSSR count). The maximum Gasteiger partial charge on any atom is 0.221 e. The van der Waals surface area contributed by atoms with E-state index in [2.05, 4.69) is 25.5 Å². The van der Waals surface area contributed by atoms with E-state index in [-0.39, 0.29) is 5.95 Å². The molecule has 0 spiro atoms. The van der Waals surface area contributed by atoms with Gasteiger partial charge in [0, 0.05) is 22.2 Å². The average molecular weight is 397 g/mol. The molecule has 2 heterocycles. The molecule has 4 aromatic rings. The minimum atomic E-state index is 0.148. The highest BCUT2D eigenvalue weighted by Crippen LogP contribution is 2.36. The van der Waals surface area contributed by atoms with Crippen molar-refractivity contribution in [2.45, 2.75) is 0 Å². The molecule has 0 aliphatic carbocycles. The number of rotatable bonds is 5. The monoisotopic (exact) mass is 396 g/mol. The number of nitrogens with zero attached hydrogens (tertiary/aromatic N) is 3. The fraction of sp³-hybridized carbons (Fsp3) is 0.105. The first-order chi connectivity index (χ1) is 13.6. The topological polar surface area (TPSA) is 111 Å². The van der Waals surface area contributed by atoms with Crippen LogP contribution in [0.5, 0.6) is 11.5 Å². The van der Waals surface area contributed by atoms with E-state index in [1.54, 1.807) is 32.5 Å². The largest absolute Gasteiger partial charge is 0.493 e. The van der Waals surface area contributed by atoms with Crippen molar-refractivity contribution in [1.29, 1.82) is 0 Å². The Morgan fingerprint density at radius 2 is 1.86 bits per heavy atom. The molecule has 0 atom stereocenters. The van der Waals surface area contributed by atoms with Gasteiger partial charge in [0.1, 0.15) is 5.82 Å². The molecule has 2 aromatic heterocycles. The fourth-order valence-corrected chi connectivity index (χ4v) is 3.08. The molecule has 8 nitrogen and oxygen atoms in total. The maximum absolute atomic E-state index is 6.04. The van der Waals surface area contributed by atoms with E-state index in [9.17, 15) is 0 Å². The molecule has 0 amide bonds. The normalized spacial score (nSPS) is 10.8. The summed E-state index contributed by atoms with van der Waals surface area (Å²) in [5, 5.41) is 12.0. The van der Waals surface area contributed by atoms with Gasteiger partial charge in [-0.05, 0) is 35.9 Å². The number of fused-ring (bicyclic) bond motifs is 1. The average Bonchev–Trinajstić information content (AvgIpc) is 3.09. The van der Waals surface area contributed by atoms with E-state index in [4.69, 9.17) is 26.8 Å². The molecule has 0 aliphatic rings. The highest BCUT2D eigenvalue weighted by atomic mass is 35.5. The van der Waals surface area contributed by atoms with Crippen LogP contribution in [0.1, 0.15) is 0 Å². The van der Waals surface area contributed by atoms with Crippen molar-refractivity contribution in [3.63, 3.8) is 0 Å². The number of hydrogen-bond acceptors (Lipinski definition) is 7. The van der Waals surface area contributed by atoms with Crippen molar-refractivity contribution in [2.75, 3.05) is 25.3 Å². The van der Waals surface area contributed by atoms with Gasteiger partial charge in [0.2, 0.25) is 5.95 Å². The number of hydrogen-bond donors (Lipinski definition) is 3. The van der Waals surface area contributed by atoms with Gasteiger partial charge in [-0.3, -0.25) is 5.10 Å². The lowest BCUT2D eigenvalue weighted by molar-refractivity contribution is 0.355. The number of H-pyrrole nitrogens is 1. The smallest absolute Gasteiger partial charge is 0.221 e. The molecule has 0 unspecified atom stereocenters. The number of ether oxygens (including phenoxy) is 2. The van der Waals surface area contributed by atoms with Gasteiger partial charge in [0.25, 0.3) is 0 Å². The van der Waals surface area contributed by atoms with Crippen molar-refractivity contribution in [1.82, 2.24) is 20.2 Å². The number of nitrogens with two attached hydrogens (primary N) is 1.